The molecule has 0 saturated carbocycles. The number of carbonyl (C=O) groups is 1. The third-order valence-electron chi connectivity index (χ3n) is 7.99. The zero-order valence-electron chi connectivity index (χ0n) is 23.9. The highest BCUT2D eigenvalue weighted by Crippen LogP contribution is 2.56. The molecule has 5 rings (SSSR count). The van der Waals surface area contributed by atoms with Crippen LogP contribution in [0.5, 0.6) is 5.75 Å². The fourth-order valence-electron chi connectivity index (χ4n) is 5.82. The van der Waals surface area contributed by atoms with E-state index in [1.807, 2.05) is 24.3 Å². The Bertz CT molecular complexity index is 1250. The topological polar surface area (TPSA) is 50.4 Å². The predicted octanol–water partition coefficient (Wildman–Crippen LogP) is 6.70. The Balaban J connectivity index is 1.05. The lowest BCUT2D eigenvalue weighted by Crippen LogP contribution is -2.44. The molecule has 1 atom stereocenters. The Morgan fingerprint density at radius 3 is 1.73 bits per heavy atom. The van der Waals surface area contributed by atoms with Crippen molar-refractivity contribution in [1.82, 2.24) is 5.32 Å². The van der Waals surface area contributed by atoms with Crippen molar-refractivity contribution in [3.05, 3.63) is 115 Å². The number of fused-ring (bicyclic) bond motifs is 1. The zero-order valence-corrected chi connectivity index (χ0v) is 24.8. The van der Waals surface area contributed by atoms with Crippen LogP contribution < -0.4 is 31.3 Å². The van der Waals surface area contributed by atoms with Gasteiger partial charge in [0.2, 0.25) is 0 Å². The predicted molar refractivity (Wildman–Crippen MR) is 175 cm³/mol. The molecule has 0 spiro atoms. The van der Waals surface area contributed by atoms with Crippen molar-refractivity contribution in [3.8, 4) is 5.75 Å². The number of benzene rings is 4. The number of nitrogens with one attached hydrogen (secondary N) is 2. The second-order valence-electron chi connectivity index (χ2n) is 10.8. The summed E-state index contributed by atoms with van der Waals surface area (Å²) in [6.07, 6.45) is 9.05. The van der Waals surface area contributed by atoms with Gasteiger partial charge in [0.05, 0.1) is 18.4 Å². The minimum atomic E-state index is -1.72. The van der Waals surface area contributed by atoms with Crippen molar-refractivity contribution >= 4 is 34.8 Å². The molecular formula is C36H42N2O2P+. The maximum Gasteiger partial charge on any atom is 0.262 e. The van der Waals surface area contributed by atoms with Gasteiger partial charge in [0.1, 0.15) is 28.9 Å². The summed E-state index contributed by atoms with van der Waals surface area (Å²) in [6, 6.07) is 41.3. The lowest BCUT2D eigenvalue weighted by molar-refractivity contribution is -0.127. The van der Waals surface area contributed by atoms with Crippen LogP contribution in [0, 0.1) is 0 Å². The number of para-hydroxylation sites is 2. The van der Waals surface area contributed by atoms with E-state index in [4.69, 9.17) is 4.74 Å². The maximum absolute atomic E-state index is 12.5. The summed E-state index contributed by atoms with van der Waals surface area (Å²) >= 11 is 0. The smallest absolute Gasteiger partial charge is 0.262 e. The van der Waals surface area contributed by atoms with Gasteiger partial charge in [-0.3, -0.25) is 4.79 Å². The van der Waals surface area contributed by atoms with Gasteiger partial charge in [0.15, 0.2) is 6.10 Å². The van der Waals surface area contributed by atoms with Gasteiger partial charge in [-0.15, -0.1) is 0 Å². The summed E-state index contributed by atoms with van der Waals surface area (Å²) in [4.78, 5) is 12.5. The first-order valence-corrected chi connectivity index (χ1v) is 17.1. The van der Waals surface area contributed by atoms with Crippen LogP contribution in [0.1, 0.15) is 44.9 Å². The van der Waals surface area contributed by atoms with Crippen LogP contribution in [0.3, 0.4) is 0 Å². The number of hydrogen-bond donors (Lipinski definition) is 2. The van der Waals surface area contributed by atoms with Crippen molar-refractivity contribution < 1.29 is 9.53 Å². The largest absolute Gasteiger partial charge is 0.477 e. The minimum Gasteiger partial charge on any atom is -0.477 e. The molecule has 4 nitrogen and oxygen atoms in total. The highest BCUT2D eigenvalue weighted by Gasteiger charge is 2.44. The molecule has 2 N–H and O–H groups in total. The number of anilines is 1. The molecule has 1 amide bonds. The normalized spacial score (nSPS) is 14.4. The Hall–Kier alpha value is -3.62. The van der Waals surface area contributed by atoms with Crippen LogP contribution >= 0.6 is 7.26 Å². The maximum atomic E-state index is 12.5. The van der Waals surface area contributed by atoms with Crippen molar-refractivity contribution in [1.29, 1.82) is 0 Å². The van der Waals surface area contributed by atoms with E-state index in [1.165, 1.54) is 54.2 Å². The van der Waals surface area contributed by atoms with Crippen molar-refractivity contribution in [2.24, 2.45) is 0 Å². The number of ether oxygens (including phenoxy) is 1. The molecule has 1 aliphatic rings. The first kappa shape index (κ1) is 28.9. The molecule has 0 radical (unpaired) electrons. The minimum absolute atomic E-state index is 0.0333. The lowest BCUT2D eigenvalue weighted by atomic mass is 10.1. The van der Waals surface area contributed by atoms with E-state index >= 15 is 0 Å². The monoisotopic (exact) mass is 565 g/mol. The van der Waals surface area contributed by atoms with Gasteiger partial charge >= 0.3 is 0 Å². The molecule has 0 aromatic heterocycles. The molecule has 212 valence electrons. The number of rotatable bonds is 14. The Morgan fingerprint density at radius 2 is 1.15 bits per heavy atom. The van der Waals surface area contributed by atoms with Gasteiger partial charge in [-0.25, -0.2) is 0 Å². The third kappa shape index (κ3) is 7.37. The molecule has 0 fully saturated rings. The van der Waals surface area contributed by atoms with E-state index in [1.54, 1.807) is 0 Å². The van der Waals surface area contributed by atoms with Crippen LogP contribution in [-0.4, -0.2) is 31.3 Å². The van der Waals surface area contributed by atoms with E-state index in [-0.39, 0.29) is 5.91 Å². The molecule has 1 heterocycles. The quantitative estimate of drug-likeness (QED) is 0.132. The third-order valence-corrected chi connectivity index (χ3v) is 12.5. The van der Waals surface area contributed by atoms with Crippen molar-refractivity contribution in [2.75, 3.05) is 24.6 Å². The fraction of sp³-hybridized carbons (Fsp3) is 0.306. The lowest BCUT2D eigenvalue weighted by Gasteiger charge is -2.27. The summed E-state index contributed by atoms with van der Waals surface area (Å²) in [5.74, 6) is 0.712. The average Bonchev–Trinajstić information content (AvgIpc) is 3.05. The summed E-state index contributed by atoms with van der Waals surface area (Å²) in [7, 11) is -1.72. The van der Waals surface area contributed by atoms with Crippen molar-refractivity contribution in [3.63, 3.8) is 0 Å². The number of amides is 1. The Morgan fingerprint density at radius 1 is 0.659 bits per heavy atom. The first-order chi connectivity index (χ1) is 20.3. The van der Waals surface area contributed by atoms with Crippen LogP contribution in [0.4, 0.5) is 5.69 Å². The molecule has 4 aromatic carbocycles. The Labute approximate surface area is 245 Å². The highest BCUT2D eigenvalue weighted by molar-refractivity contribution is 7.95. The molecule has 0 saturated heterocycles. The second kappa shape index (κ2) is 14.8. The average molecular weight is 566 g/mol. The number of carbonyl (C=O) groups excluding carboxylic acids is 1. The molecule has 4 aromatic rings. The number of unbranched alkanes of at least 4 members (excludes halogenated alkanes) is 6. The zero-order chi connectivity index (χ0) is 28.2. The van der Waals surface area contributed by atoms with E-state index in [9.17, 15) is 4.79 Å². The van der Waals surface area contributed by atoms with Crippen LogP contribution in [0.2, 0.25) is 0 Å². The van der Waals surface area contributed by atoms with Crippen LogP contribution in [0.25, 0.3) is 0 Å². The summed E-state index contributed by atoms with van der Waals surface area (Å²) in [6.45, 7) is 1.21. The van der Waals surface area contributed by atoms with Gasteiger partial charge in [0, 0.05) is 6.54 Å². The van der Waals surface area contributed by atoms with Gasteiger partial charge < -0.3 is 15.4 Å². The van der Waals surface area contributed by atoms with Gasteiger partial charge in [-0.2, -0.15) is 0 Å². The second-order valence-corrected chi connectivity index (χ2v) is 14.4. The van der Waals surface area contributed by atoms with Crippen LogP contribution in [0.15, 0.2) is 115 Å². The van der Waals surface area contributed by atoms with Gasteiger partial charge in [-0.1, -0.05) is 92.4 Å². The summed E-state index contributed by atoms with van der Waals surface area (Å²) in [5, 5.41) is 10.8. The Kier molecular flexibility index (Phi) is 10.5. The molecule has 0 bridgehead atoms. The van der Waals surface area contributed by atoms with Gasteiger partial charge in [0.25, 0.3) is 5.91 Å². The highest BCUT2D eigenvalue weighted by atomic mass is 31.2. The molecule has 1 unspecified atom stereocenters. The van der Waals surface area contributed by atoms with E-state index < -0.39 is 13.4 Å². The SMILES string of the molecule is O=C(NCCCCCCCCC[P+](c1ccccc1)(c1ccccc1)c1ccccc1)C1CNc2ccccc2O1. The molecular weight excluding hydrogens is 523 g/mol. The number of hydrogen-bond acceptors (Lipinski definition) is 3. The van der Waals surface area contributed by atoms with Crippen molar-refractivity contribution in [2.45, 2.75) is 51.0 Å². The standard InChI is InChI=1S/C36H41N2O2P/c39-36(35-29-38-33-25-15-16-26-34(33)40-35)37-27-17-4-2-1-3-5-18-28-41(30-19-9-6-10-20-30,31-21-11-7-12-22-31)32-23-13-8-14-24-32/h6-16,19-26,35,38H,1-5,17-18,27-29H2/p+1. The van der Waals surface area contributed by atoms with E-state index in [0.717, 1.165) is 24.3 Å². The van der Waals surface area contributed by atoms with E-state index in [2.05, 4.69) is 102 Å². The first-order valence-electron chi connectivity index (χ1n) is 15.1. The molecule has 0 aliphatic carbocycles. The van der Waals surface area contributed by atoms with Gasteiger partial charge in [-0.05, 0) is 67.8 Å². The van der Waals surface area contributed by atoms with E-state index in [0.29, 0.717) is 13.1 Å². The molecule has 1 aliphatic heterocycles. The molecule has 41 heavy (non-hydrogen) atoms. The molecule has 5 heteroatoms. The fourth-order valence-corrected chi connectivity index (χ4v) is 10.2. The van der Waals surface area contributed by atoms with Crippen LogP contribution in [-0.2, 0) is 4.79 Å². The summed E-state index contributed by atoms with van der Waals surface area (Å²) < 4.78 is 5.86. The summed E-state index contributed by atoms with van der Waals surface area (Å²) in [5.41, 5.74) is 0.948.